The minimum absolute atomic E-state index is 0.00953. The van der Waals surface area contributed by atoms with Crippen LogP contribution in [0.2, 0.25) is 0 Å². The molecule has 1 aliphatic rings. The number of anilines is 2. The molecular formula is C22H27N3O3. The van der Waals surface area contributed by atoms with Crippen LogP contribution in [-0.2, 0) is 0 Å². The second-order valence-electron chi connectivity index (χ2n) is 7.59. The molecule has 0 bridgehead atoms. The third kappa shape index (κ3) is 4.68. The van der Waals surface area contributed by atoms with Crippen LogP contribution in [0.15, 0.2) is 42.5 Å². The molecule has 6 nitrogen and oxygen atoms in total. The van der Waals surface area contributed by atoms with E-state index in [4.69, 9.17) is 0 Å². The molecule has 28 heavy (non-hydrogen) atoms. The summed E-state index contributed by atoms with van der Waals surface area (Å²) in [5.41, 5.74) is 2.75. The Bertz CT molecular complexity index is 839. The molecule has 6 heteroatoms. The Morgan fingerprint density at radius 3 is 2.25 bits per heavy atom. The zero-order valence-electron chi connectivity index (χ0n) is 16.5. The summed E-state index contributed by atoms with van der Waals surface area (Å²) >= 11 is 0. The highest BCUT2D eigenvalue weighted by Gasteiger charge is 2.22. The number of hydrogen-bond acceptors (Lipinski definition) is 4. The molecule has 1 N–H and O–H groups in total. The summed E-state index contributed by atoms with van der Waals surface area (Å²) in [6.07, 6.45) is 4.37. The summed E-state index contributed by atoms with van der Waals surface area (Å²) < 4.78 is 0. The van der Waals surface area contributed by atoms with E-state index in [1.807, 2.05) is 24.3 Å². The Balaban J connectivity index is 1.80. The molecule has 0 atom stereocenters. The highest BCUT2D eigenvalue weighted by atomic mass is 16.6. The number of hydrogen-bond donors (Lipinski definition) is 1. The molecule has 0 saturated carbocycles. The van der Waals surface area contributed by atoms with Gasteiger partial charge >= 0.3 is 0 Å². The van der Waals surface area contributed by atoms with Crippen molar-refractivity contribution in [3.05, 3.63) is 63.7 Å². The SMILES string of the molecule is CC(C)c1ccc(NC(=O)c2ccc(N3CCCCCC3)c([N+](=O)[O-])c2)cc1. The van der Waals surface area contributed by atoms with Gasteiger partial charge in [-0.05, 0) is 48.6 Å². The van der Waals surface area contributed by atoms with Crippen molar-refractivity contribution < 1.29 is 9.72 Å². The number of amides is 1. The van der Waals surface area contributed by atoms with Crippen molar-refractivity contribution >= 4 is 23.0 Å². The first-order valence-electron chi connectivity index (χ1n) is 9.90. The van der Waals surface area contributed by atoms with Crippen molar-refractivity contribution in [1.82, 2.24) is 0 Å². The van der Waals surface area contributed by atoms with Crippen molar-refractivity contribution in [3.8, 4) is 0 Å². The maximum Gasteiger partial charge on any atom is 0.293 e. The number of nitrogens with zero attached hydrogens (tertiary/aromatic N) is 2. The molecule has 0 radical (unpaired) electrons. The molecule has 2 aromatic rings. The Kier molecular flexibility index (Phi) is 6.29. The van der Waals surface area contributed by atoms with Crippen LogP contribution in [0.25, 0.3) is 0 Å². The fourth-order valence-corrected chi connectivity index (χ4v) is 3.54. The Morgan fingerprint density at radius 1 is 1.04 bits per heavy atom. The smallest absolute Gasteiger partial charge is 0.293 e. The molecule has 0 aliphatic carbocycles. The van der Waals surface area contributed by atoms with E-state index < -0.39 is 4.92 Å². The zero-order valence-corrected chi connectivity index (χ0v) is 16.5. The lowest BCUT2D eigenvalue weighted by Crippen LogP contribution is -2.25. The van der Waals surface area contributed by atoms with Gasteiger partial charge in [0.05, 0.1) is 4.92 Å². The van der Waals surface area contributed by atoms with Crippen LogP contribution in [-0.4, -0.2) is 23.9 Å². The normalized spacial score (nSPS) is 14.6. The van der Waals surface area contributed by atoms with Gasteiger partial charge in [-0.15, -0.1) is 0 Å². The number of nitro groups is 1. The molecule has 0 spiro atoms. The van der Waals surface area contributed by atoms with Crippen LogP contribution in [0.4, 0.5) is 17.1 Å². The van der Waals surface area contributed by atoms with Crippen molar-refractivity contribution in [1.29, 1.82) is 0 Å². The molecule has 1 aliphatic heterocycles. The van der Waals surface area contributed by atoms with E-state index in [0.717, 1.165) is 38.8 Å². The van der Waals surface area contributed by atoms with E-state index in [0.29, 0.717) is 22.9 Å². The number of rotatable bonds is 5. The number of carbonyl (C=O) groups excluding carboxylic acids is 1. The topological polar surface area (TPSA) is 75.5 Å². The Labute approximate surface area is 165 Å². The molecule has 148 valence electrons. The lowest BCUT2D eigenvalue weighted by Gasteiger charge is -2.22. The summed E-state index contributed by atoms with van der Waals surface area (Å²) in [5.74, 6) is 0.0711. The van der Waals surface area contributed by atoms with Crippen LogP contribution in [0.3, 0.4) is 0 Å². The van der Waals surface area contributed by atoms with Gasteiger partial charge in [0.15, 0.2) is 0 Å². The highest BCUT2D eigenvalue weighted by Crippen LogP contribution is 2.31. The lowest BCUT2D eigenvalue weighted by atomic mass is 10.0. The zero-order chi connectivity index (χ0) is 20.1. The number of benzene rings is 2. The third-order valence-electron chi connectivity index (χ3n) is 5.22. The minimum atomic E-state index is -0.394. The molecule has 3 rings (SSSR count). The summed E-state index contributed by atoms with van der Waals surface area (Å²) in [7, 11) is 0. The first-order valence-corrected chi connectivity index (χ1v) is 9.90. The predicted octanol–water partition coefficient (Wildman–Crippen LogP) is 5.35. The van der Waals surface area contributed by atoms with Gasteiger partial charge in [-0.3, -0.25) is 14.9 Å². The summed E-state index contributed by atoms with van der Waals surface area (Å²) in [6, 6.07) is 12.4. The minimum Gasteiger partial charge on any atom is -0.366 e. The second-order valence-corrected chi connectivity index (χ2v) is 7.59. The van der Waals surface area contributed by atoms with Gasteiger partial charge < -0.3 is 10.2 Å². The van der Waals surface area contributed by atoms with Gasteiger partial charge in [0, 0.05) is 30.4 Å². The third-order valence-corrected chi connectivity index (χ3v) is 5.22. The van der Waals surface area contributed by atoms with E-state index in [9.17, 15) is 14.9 Å². The quantitative estimate of drug-likeness (QED) is 0.559. The van der Waals surface area contributed by atoms with Crippen LogP contribution in [0.1, 0.15) is 61.4 Å². The van der Waals surface area contributed by atoms with E-state index in [-0.39, 0.29) is 11.6 Å². The summed E-state index contributed by atoms with van der Waals surface area (Å²) in [4.78, 5) is 25.9. The van der Waals surface area contributed by atoms with Gasteiger partial charge in [0.1, 0.15) is 5.69 Å². The first kappa shape index (κ1) is 19.9. The fraction of sp³-hybridized carbons (Fsp3) is 0.409. The molecule has 1 saturated heterocycles. The summed E-state index contributed by atoms with van der Waals surface area (Å²) in [6.45, 7) is 5.85. The molecule has 1 fully saturated rings. The number of carbonyl (C=O) groups is 1. The average Bonchev–Trinajstić information content (AvgIpc) is 2.97. The summed E-state index contributed by atoms with van der Waals surface area (Å²) in [5, 5.41) is 14.5. The van der Waals surface area contributed by atoms with Crippen LogP contribution < -0.4 is 10.2 Å². The van der Waals surface area contributed by atoms with Gasteiger partial charge in [-0.25, -0.2) is 0 Å². The first-order chi connectivity index (χ1) is 13.5. The van der Waals surface area contributed by atoms with Crippen LogP contribution in [0.5, 0.6) is 0 Å². The molecule has 1 heterocycles. The maximum atomic E-state index is 12.6. The van der Waals surface area contributed by atoms with Crippen molar-refractivity contribution in [2.24, 2.45) is 0 Å². The fourth-order valence-electron chi connectivity index (χ4n) is 3.54. The Hall–Kier alpha value is -2.89. The molecule has 2 aromatic carbocycles. The Morgan fingerprint density at radius 2 is 1.68 bits per heavy atom. The van der Waals surface area contributed by atoms with E-state index in [1.165, 1.54) is 11.6 Å². The van der Waals surface area contributed by atoms with Crippen molar-refractivity contribution in [2.75, 3.05) is 23.3 Å². The lowest BCUT2D eigenvalue weighted by molar-refractivity contribution is -0.384. The van der Waals surface area contributed by atoms with E-state index >= 15 is 0 Å². The largest absolute Gasteiger partial charge is 0.366 e. The van der Waals surface area contributed by atoms with Gasteiger partial charge in [0.2, 0.25) is 0 Å². The molecule has 1 amide bonds. The van der Waals surface area contributed by atoms with Gasteiger partial charge in [0.25, 0.3) is 11.6 Å². The predicted molar refractivity (Wildman–Crippen MR) is 112 cm³/mol. The monoisotopic (exact) mass is 381 g/mol. The number of nitrogens with one attached hydrogen (secondary N) is 1. The number of nitro benzene ring substituents is 1. The maximum absolute atomic E-state index is 12.6. The highest BCUT2D eigenvalue weighted by molar-refractivity contribution is 6.05. The molecule has 0 unspecified atom stereocenters. The second kappa shape index (κ2) is 8.87. The van der Waals surface area contributed by atoms with Gasteiger partial charge in [-0.2, -0.15) is 0 Å². The van der Waals surface area contributed by atoms with Crippen LogP contribution in [0, 0.1) is 10.1 Å². The van der Waals surface area contributed by atoms with Crippen molar-refractivity contribution in [2.45, 2.75) is 45.4 Å². The molecule has 0 aromatic heterocycles. The van der Waals surface area contributed by atoms with Crippen LogP contribution >= 0.6 is 0 Å². The molecular weight excluding hydrogens is 354 g/mol. The van der Waals surface area contributed by atoms with Crippen molar-refractivity contribution in [3.63, 3.8) is 0 Å². The average molecular weight is 381 g/mol. The van der Waals surface area contributed by atoms with E-state index in [1.54, 1.807) is 12.1 Å². The van der Waals surface area contributed by atoms with E-state index in [2.05, 4.69) is 24.1 Å². The van der Waals surface area contributed by atoms with Gasteiger partial charge in [-0.1, -0.05) is 38.8 Å². The standard InChI is InChI=1S/C22H27N3O3/c1-16(2)17-7-10-19(11-8-17)23-22(26)18-9-12-20(21(15-18)25(27)28)24-13-5-3-4-6-14-24/h7-12,15-16H,3-6,13-14H2,1-2H3,(H,23,26).